The molecule has 1 unspecified atom stereocenters. The number of para-hydroxylation sites is 1. The predicted octanol–water partition coefficient (Wildman–Crippen LogP) is 3.94. The third-order valence-electron chi connectivity index (χ3n) is 4.68. The van der Waals surface area contributed by atoms with Gasteiger partial charge in [-0.2, -0.15) is 0 Å². The first-order chi connectivity index (χ1) is 12.3. The zero-order valence-corrected chi connectivity index (χ0v) is 14.8. The van der Waals surface area contributed by atoms with Crippen LogP contribution in [0.1, 0.15) is 29.9 Å². The number of nitrogens with one attached hydrogen (secondary N) is 2. The van der Waals surface area contributed by atoms with E-state index in [0.717, 1.165) is 29.9 Å². The first-order valence-corrected chi connectivity index (χ1v) is 9.58. The Morgan fingerprint density at radius 3 is 2.88 bits per heavy atom. The Labute approximate surface area is 151 Å². The number of fused-ring (bicyclic) bond motifs is 2. The zero-order valence-electron chi connectivity index (χ0n) is 14.0. The third kappa shape index (κ3) is 3.51. The van der Waals surface area contributed by atoms with Gasteiger partial charge in [0.2, 0.25) is 5.91 Å². The lowest BCUT2D eigenvalue weighted by Gasteiger charge is -2.24. The highest BCUT2D eigenvalue weighted by Gasteiger charge is 2.25. The lowest BCUT2D eigenvalue weighted by atomic mass is 9.82. The Morgan fingerprint density at radius 1 is 1.12 bits per heavy atom. The Morgan fingerprint density at radius 2 is 1.96 bits per heavy atom. The Bertz CT molecular complexity index is 856. The molecule has 0 saturated heterocycles. The van der Waals surface area contributed by atoms with Crippen molar-refractivity contribution in [2.24, 2.45) is 0 Å². The van der Waals surface area contributed by atoms with Gasteiger partial charge in [-0.25, -0.2) is 4.98 Å². The number of thiazole rings is 1. The third-order valence-corrected chi connectivity index (χ3v) is 5.67. The number of aromatic nitrogens is 1. The Hall–Kier alpha value is -2.40. The van der Waals surface area contributed by atoms with Gasteiger partial charge in [0.25, 0.3) is 0 Å². The van der Waals surface area contributed by atoms with E-state index < -0.39 is 0 Å². The SMILES string of the molecule is O=C(NCCNc1nc2ccccc2s1)C1CCCc2ccccc21. The van der Waals surface area contributed by atoms with Crippen LogP contribution in [0.5, 0.6) is 0 Å². The summed E-state index contributed by atoms with van der Waals surface area (Å²) in [6.07, 6.45) is 3.10. The molecule has 0 bridgehead atoms. The minimum atomic E-state index is -0.00704. The van der Waals surface area contributed by atoms with E-state index in [-0.39, 0.29) is 11.8 Å². The number of benzene rings is 2. The van der Waals surface area contributed by atoms with Crippen molar-refractivity contribution in [3.05, 3.63) is 59.7 Å². The van der Waals surface area contributed by atoms with Gasteiger partial charge in [-0.1, -0.05) is 47.7 Å². The van der Waals surface area contributed by atoms with Gasteiger partial charge in [0.05, 0.1) is 16.1 Å². The van der Waals surface area contributed by atoms with Gasteiger partial charge in [0, 0.05) is 13.1 Å². The monoisotopic (exact) mass is 351 g/mol. The molecule has 128 valence electrons. The quantitative estimate of drug-likeness (QED) is 0.685. The average Bonchev–Trinajstić information content (AvgIpc) is 3.07. The maximum atomic E-state index is 12.6. The van der Waals surface area contributed by atoms with Gasteiger partial charge in [-0.3, -0.25) is 4.79 Å². The molecule has 0 radical (unpaired) electrons. The summed E-state index contributed by atoms with van der Waals surface area (Å²) in [4.78, 5) is 17.1. The molecule has 1 heterocycles. The lowest BCUT2D eigenvalue weighted by Crippen LogP contribution is -2.34. The van der Waals surface area contributed by atoms with Crippen LogP contribution in [0.4, 0.5) is 5.13 Å². The van der Waals surface area contributed by atoms with Crippen molar-refractivity contribution >= 4 is 32.6 Å². The predicted molar refractivity (Wildman–Crippen MR) is 103 cm³/mol. The largest absolute Gasteiger partial charge is 0.360 e. The van der Waals surface area contributed by atoms with Crippen molar-refractivity contribution in [1.29, 1.82) is 0 Å². The van der Waals surface area contributed by atoms with Crippen LogP contribution in [0.25, 0.3) is 10.2 Å². The molecule has 25 heavy (non-hydrogen) atoms. The zero-order chi connectivity index (χ0) is 17.1. The van der Waals surface area contributed by atoms with Crippen molar-refractivity contribution in [2.45, 2.75) is 25.2 Å². The first kappa shape index (κ1) is 16.1. The summed E-state index contributed by atoms with van der Waals surface area (Å²) < 4.78 is 1.17. The molecule has 0 aliphatic heterocycles. The normalized spacial score (nSPS) is 16.4. The fourth-order valence-corrected chi connectivity index (χ4v) is 4.34. The lowest BCUT2D eigenvalue weighted by molar-refractivity contribution is -0.122. The summed E-state index contributed by atoms with van der Waals surface area (Å²) >= 11 is 1.64. The van der Waals surface area contributed by atoms with Crippen molar-refractivity contribution in [3.8, 4) is 0 Å². The molecule has 2 aromatic carbocycles. The van der Waals surface area contributed by atoms with Crippen LogP contribution >= 0.6 is 11.3 Å². The Kier molecular flexibility index (Phi) is 4.65. The molecule has 5 heteroatoms. The summed E-state index contributed by atoms with van der Waals surface area (Å²) in [6.45, 7) is 1.29. The van der Waals surface area contributed by atoms with Crippen molar-refractivity contribution in [3.63, 3.8) is 0 Å². The van der Waals surface area contributed by atoms with Crippen LogP contribution in [-0.2, 0) is 11.2 Å². The van der Waals surface area contributed by atoms with Crippen LogP contribution in [-0.4, -0.2) is 24.0 Å². The van der Waals surface area contributed by atoms with E-state index in [4.69, 9.17) is 0 Å². The van der Waals surface area contributed by atoms with Gasteiger partial charge in [-0.05, 0) is 42.5 Å². The van der Waals surface area contributed by atoms with E-state index in [0.29, 0.717) is 13.1 Å². The van der Waals surface area contributed by atoms with Gasteiger partial charge < -0.3 is 10.6 Å². The summed E-state index contributed by atoms with van der Waals surface area (Å²) in [5, 5.41) is 7.28. The van der Waals surface area contributed by atoms with Crippen LogP contribution < -0.4 is 10.6 Å². The first-order valence-electron chi connectivity index (χ1n) is 8.76. The van der Waals surface area contributed by atoms with Crippen molar-refractivity contribution in [1.82, 2.24) is 10.3 Å². The van der Waals surface area contributed by atoms with Gasteiger partial charge >= 0.3 is 0 Å². The van der Waals surface area contributed by atoms with E-state index in [2.05, 4.69) is 39.9 Å². The number of carbonyl (C=O) groups excluding carboxylic acids is 1. The summed E-state index contributed by atoms with van der Waals surface area (Å²) in [6, 6.07) is 16.4. The smallest absolute Gasteiger partial charge is 0.227 e. The molecular weight excluding hydrogens is 330 g/mol. The van der Waals surface area contributed by atoms with Crippen molar-refractivity contribution < 1.29 is 4.79 Å². The number of hydrogen-bond acceptors (Lipinski definition) is 4. The highest BCUT2D eigenvalue weighted by Crippen LogP contribution is 2.31. The molecule has 0 spiro atoms. The summed E-state index contributed by atoms with van der Waals surface area (Å²) in [5.74, 6) is 0.130. The number of nitrogens with zero attached hydrogens (tertiary/aromatic N) is 1. The molecule has 1 aliphatic rings. The molecule has 0 saturated carbocycles. The molecule has 1 atom stereocenters. The number of aryl methyl sites for hydroxylation is 1. The van der Waals surface area contributed by atoms with E-state index >= 15 is 0 Å². The highest BCUT2D eigenvalue weighted by molar-refractivity contribution is 7.22. The van der Waals surface area contributed by atoms with Gasteiger partial charge in [-0.15, -0.1) is 0 Å². The minimum absolute atomic E-state index is 0.00704. The van der Waals surface area contributed by atoms with Gasteiger partial charge in [0.15, 0.2) is 5.13 Å². The molecule has 0 fully saturated rings. The van der Waals surface area contributed by atoms with E-state index in [9.17, 15) is 4.79 Å². The van der Waals surface area contributed by atoms with Crippen LogP contribution in [0, 0.1) is 0 Å². The molecule has 3 aromatic rings. The number of anilines is 1. The molecule has 4 nitrogen and oxygen atoms in total. The number of amides is 1. The van der Waals surface area contributed by atoms with E-state index in [1.165, 1.54) is 15.8 Å². The van der Waals surface area contributed by atoms with E-state index in [1.807, 2.05) is 24.3 Å². The molecular formula is C20H21N3OS. The highest BCUT2D eigenvalue weighted by atomic mass is 32.1. The van der Waals surface area contributed by atoms with Gasteiger partial charge in [0.1, 0.15) is 0 Å². The molecule has 1 aromatic heterocycles. The maximum absolute atomic E-state index is 12.6. The molecule has 4 rings (SSSR count). The molecule has 1 amide bonds. The Balaban J connectivity index is 1.31. The average molecular weight is 351 g/mol. The second-order valence-electron chi connectivity index (χ2n) is 6.35. The fraction of sp³-hybridized carbons (Fsp3) is 0.300. The standard InChI is InChI=1S/C20H21N3OS/c24-19(16-9-5-7-14-6-1-2-8-15(14)16)21-12-13-22-20-23-17-10-3-4-11-18(17)25-20/h1-4,6,8,10-11,16H,5,7,9,12-13H2,(H,21,24)(H,22,23). The topological polar surface area (TPSA) is 54.0 Å². The van der Waals surface area contributed by atoms with Crippen LogP contribution in [0.3, 0.4) is 0 Å². The summed E-state index contributed by atoms with van der Waals surface area (Å²) in [7, 11) is 0. The number of hydrogen-bond donors (Lipinski definition) is 2. The fourth-order valence-electron chi connectivity index (χ4n) is 3.45. The molecule has 2 N–H and O–H groups in total. The van der Waals surface area contributed by atoms with Crippen LogP contribution in [0.2, 0.25) is 0 Å². The second kappa shape index (κ2) is 7.23. The summed E-state index contributed by atoms with van der Waals surface area (Å²) in [5.41, 5.74) is 3.53. The second-order valence-corrected chi connectivity index (χ2v) is 7.38. The minimum Gasteiger partial charge on any atom is -0.360 e. The molecule has 1 aliphatic carbocycles. The van der Waals surface area contributed by atoms with Crippen molar-refractivity contribution in [2.75, 3.05) is 18.4 Å². The van der Waals surface area contributed by atoms with E-state index in [1.54, 1.807) is 11.3 Å². The van der Waals surface area contributed by atoms with Crippen LogP contribution in [0.15, 0.2) is 48.5 Å². The number of rotatable bonds is 5. The maximum Gasteiger partial charge on any atom is 0.227 e. The number of carbonyl (C=O) groups is 1.